The van der Waals surface area contributed by atoms with Crippen molar-refractivity contribution >= 4 is 22.7 Å². The highest BCUT2D eigenvalue weighted by Gasteiger charge is 2.13. The van der Waals surface area contributed by atoms with Crippen LogP contribution >= 0.6 is 0 Å². The monoisotopic (exact) mass is 331 g/mol. The van der Waals surface area contributed by atoms with Crippen molar-refractivity contribution in [2.75, 3.05) is 20.3 Å². The fraction of sp³-hybridized carbons (Fsp3) is 0.333. The molecule has 1 aromatic carbocycles. The van der Waals surface area contributed by atoms with Crippen molar-refractivity contribution in [1.29, 1.82) is 0 Å². The maximum atomic E-state index is 12.6. The SMILES string of the molecule is COCCNC(=O)CCn1c(=O)[nH]c2nc3ccccc3n2c1=O. The van der Waals surface area contributed by atoms with Gasteiger partial charge in [-0.25, -0.2) is 23.5 Å². The molecule has 9 heteroatoms. The fourth-order valence-corrected chi connectivity index (χ4v) is 2.47. The number of para-hydroxylation sites is 2. The minimum Gasteiger partial charge on any atom is -0.383 e. The number of rotatable bonds is 6. The molecular weight excluding hydrogens is 314 g/mol. The topological polar surface area (TPSA) is 110 Å². The number of fused-ring (bicyclic) bond motifs is 3. The number of amides is 1. The van der Waals surface area contributed by atoms with Crippen LogP contribution in [0.4, 0.5) is 0 Å². The summed E-state index contributed by atoms with van der Waals surface area (Å²) < 4.78 is 7.17. The van der Waals surface area contributed by atoms with Crippen molar-refractivity contribution in [1.82, 2.24) is 24.3 Å². The number of ether oxygens (including phenoxy) is 1. The summed E-state index contributed by atoms with van der Waals surface area (Å²) in [4.78, 5) is 43.2. The van der Waals surface area contributed by atoms with E-state index in [0.29, 0.717) is 24.2 Å². The van der Waals surface area contributed by atoms with Gasteiger partial charge in [0, 0.05) is 26.6 Å². The van der Waals surface area contributed by atoms with E-state index in [2.05, 4.69) is 15.3 Å². The van der Waals surface area contributed by atoms with E-state index >= 15 is 0 Å². The van der Waals surface area contributed by atoms with Gasteiger partial charge in [-0.2, -0.15) is 0 Å². The minimum absolute atomic E-state index is 0.0184. The highest BCUT2D eigenvalue weighted by molar-refractivity contribution is 5.79. The number of aromatic nitrogens is 4. The summed E-state index contributed by atoms with van der Waals surface area (Å²) in [6.45, 7) is 0.764. The van der Waals surface area contributed by atoms with Gasteiger partial charge in [0.2, 0.25) is 11.7 Å². The first-order chi connectivity index (χ1) is 11.6. The van der Waals surface area contributed by atoms with E-state index in [1.165, 1.54) is 11.5 Å². The Kier molecular flexibility index (Phi) is 4.43. The number of nitrogens with zero attached hydrogens (tertiary/aromatic N) is 3. The molecule has 2 N–H and O–H groups in total. The van der Waals surface area contributed by atoms with Crippen molar-refractivity contribution in [3.63, 3.8) is 0 Å². The second kappa shape index (κ2) is 6.67. The summed E-state index contributed by atoms with van der Waals surface area (Å²) in [7, 11) is 1.54. The first-order valence-electron chi connectivity index (χ1n) is 7.48. The van der Waals surface area contributed by atoms with Crippen LogP contribution in [0.5, 0.6) is 0 Å². The Labute approximate surface area is 135 Å². The molecule has 3 aromatic rings. The smallest absolute Gasteiger partial charge is 0.339 e. The zero-order chi connectivity index (χ0) is 17.1. The Morgan fingerprint density at radius 3 is 2.92 bits per heavy atom. The molecule has 0 bridgehead atoms. The van der Waals surface area contributed by atoms with Crippen LogP contribution in [0.25, 0.3) is 16.8 Å². The van der Waals surface area contributed by atoms with Crippen LogP contribution in [0.2, 0.25) is 0 Å². The quantitative estimate of drug-likeness (QED) is 0.591. The Bertz CT molecular complexity index is 1000. The number of hydrogen-bond donors (Lipinski definition) is 2. The third-order valence-corrected chi connectivity index (χ3v) is 3.64. The maximum Gasteiger partial charge on any atom is 0.339 e. The van der Waals surface area contributed by atoms with Gasteiger partial charge < -0.3 is 10.1 Å². The lowest BCUT2D eigenvalue weighted by Gasteiger charge is -2.06. The van der Waals surface area contributed by atoms with Crippen LogP contribution in [0.1, 0.15) is 6.42 Å². The maximum absolute atomic E-state index is 12.6. The van der Waals surface area contributed by atoms with Crippen molar-refractivity contribution in [2.45, 2.75) is 13.0 Å². The Morgan fingerprint density at radius 1 is 1.33 bits per heavy atom. The summed E-state index contributed by atoms with van der Waals surface area (Å²) in [6, 6.07) is 7.09. The molecule has 0 atom stereocenters. The number of benzene rings is 1. The molecule has 9 nitrogen and oxygen atoms in total. The van der Waals surface area contributed by atoms with E-state index in [0.717, 1.165) is 4.57 Å². The van der Waals surface area contributed by atoms with Crippen molar-refractivity contribution in [2.24, 2.45) is 0 Å². The Hall–Kier alpha value is -2.94. The van der Waals surface area contributed by atoms with E-state index in [1.807, 2.05) is 0 Å². The average Bonchev–Trinajstić information content (AvgIpc) is 2.93. The molecule has 0 aliphatic heterocycles. The molecule has 1 amide bonds. The molecule has 0 saturated carbocycles. The molecule has 2 aromatic heterocycles. The second-order valence-corrected chi connectivity index (χ2v) is 5.22. The average molecular weight is 331 g/mol. The van der Waals surface area contributed by atoms with Crippen LogP contribution in [0.15, 0.2) is 33.9 Å². The molecule has 0 aliphatic rings. The van der Waals surface area contributed by atoms with Crippen molar-refractivity contribution in [3.8, 4) is 0 Å². The number of hydrogen-bond acceptors (Lipinski definition) is 5. The van der Waals surface area contributed by atoms with Gasteiger partial charge in [0.25, 0.3) is 0 Å². The minimum atomic E-state index is -0.590. The predicted molar refractivity (Wildman–Crippen MR) is 87.1 cm³/mol. The number of H-pyrrole nitrogens is 1. The van der Waals surface area contributed by atoms with Gasteiger partial charge in [0.15, 0.2) is 0 Å². The van der Waals surface area contributed by atoms with Gasteiger partial charge in [0.1, 0.15) is 0 Å². The summed E-state index contributed by atoms with van der Waals surface area (Å²) in [5, 5.41) is 2.64. The number of methoxy groups -OCH3 is 1. The van der Waals surface area contributed by atoms with Crippen LogP contribution in [-0.4, -0.2) is 45.1 Å². The zero-order valence-corrected chi connectivity index (χ0v) is 13.1. The molecule has 0 fully saturated rings. The van der Waals surface area contributed by atoms with Gasteiger partial charge in [-0.15, -0.1) is 0 Å². The molecule has 3 rings (SSSR count). The second-order valence-electron chi connectivity index (χ2n) is 5.22. The van der Waals surface area contributed by atoms with Gasteiger partial charge in [-0.1, -0.05) is 12.1 Å². The van der Waals surface area contributed by atoms with Gasteiger partial charge in [0.05, 0.1) is 17.6 Å². The molecule has 2 heterocycles. The Balaban J connectivity index is 1.91. The summed E-state index contributed by atoms with van der Waals surface area (Å²) >= 11 is 0. The first kappa shape index (κ1) is 15.9. The van der Waals surface area contributed by atoms with Gasteiger partial charge in [-0.3, -0.25) is 9.78 Å². The fourth-order valence-electron chi connectivity index (χ4n) is 2.47. The van der Waals surface area contributed by atoms with Gasteiger partial charge in [-0.05, 0) is 12.1 Å². The summed E-state index contributed by atoms with van der Waals surface area (Å²) in [5.41, 5.74) is 0.104. The number of nitrogens with one attached hydrogen (secondary N) is 2. The molecular formula is C15H17N5O4. The molecule has 0 aliphatic carbocycles. The molecule has 0 radical (unpaired) electrons. The highest BCUT2D eigenvalue weighted by atomic mass is 16.5. The number of aromatic amines is 1. The lowest BCUT2D eigenvalue weighted by atomic mass is 10.3. The van der Waals surface area contributed by atoms with Crippen LogP contribution in [0, 0.1) is 0 Å². The lowest BCUT2D eigenvalue weighted by Crippen LogP contribution is -2.40. The largest absolute Gasteiger partial charge is 0.383 e. The van der Waals surface area contributed by atoms with E-state index in [9.17, 15) is 14.4 Å². The summed E-state index contributed by atoms with van der Waals surface area (Å²) in [6.07, 6.45) is 0.0187. The van der Waals surface area contributed by atoms with Crippen molar-refractivity contribution < 1.29 is 9.53 Å². The molecule has 0 saturated heterocycles. The molecule has 24 heavy (non-hydrogen) atoms. The third kappa shape index (κ3) is 2.93. The van der Waals surface area contributed by atoms with E-state index in [4.69, 9.17) is 4.74 Å². The van der Waals surface area contributed by atoms with Gasteiger partial charge >= 0.3 is 11.4 Å². The first-order valence-corrected chi connectivity index (χ1v) is 7.48. The zero-order valence-electron chi connectivity index (χ0n) is 13.1. The van der Waals surface area contributed by atoms with E-state index in [-0.39, 0.29) is 24.7 Å². The lowest BCUT2D eigenvalue weighted by molar-refractivity contribution is -0.121. The van der Waals surface area contributed by atoms with Crippen LogP contribution in [-0.2, 0) is 16.1 Å². The number of imidazole rings is 1. The highest BCUT2D eigenvalue weighted by Crippen LogP contribution is 2.11. The Morgan fingerprint density at radius 2 is 2.12 bits per heavy atom. The standard InChI is InChI=1S/C15H17N5O4/c1-24-9-7-16-12(21)6-8-19-14(22)18-13-17-10-4-2-3-5-11(10)20(13)15(19)23/h2-5H,6-9H2,1H3,(H,16,21)(H,17,18,22). The number of carbonyl (C=O) groups excluding carboxylic acids is 1. The van der Waals surface area contributed by atoms with Crippen LogP contribution < -0.4 is 16.7 Å². The van der Waals surface area contributed by atoms with Crippen LogP contribution in [0.3, 0.4) is 0 Å². The molecule has 0 unspecified atom stereocenters. The van der Waals surface area contributed by atoms with Crippen molar-refractivity contribution in [3.05, 3.63) is 45.2 Å². The molecule has 0 spiro atoms. The van der Waals surface area contributed by atoms with E-state index in [1.54, 1.807) is 24.3 Å². The number of carbonyl (C=O) groups is 1. The summed E-state index contributed by atoms with van der Waals surface area (Å²) in [5.74, 6) is -0.0686. The predicted octanol–water partition coefficient (Wildman–Crippen LogP) is -0.510. The normalized spacial score (nSPS) is 11.2. The molecule has 126 valence electrons. The third-order valence-electron chi connectivity index (χ3n) is 3.64. The van der Waals surface area contributed by atoms with E-state index < -0.39 is 11.4 Å².